The molecule has 1 aromatic carbocycles. The van der Waals surface area contributed by atoms with E-state index in [0.717, 1.165) is 67.9 Å². The van der Waals surface area contributed by atoms with Crippen LogP contribution in [0.5, 0.6) is 5.75 Å². The van der Waals surface area contributed by atoms with Crippen LogP contribution >= 0.6 is 0 Å². The standard InChI is InChI=1S/C24H32N4O3/c1-17-8-6-9-18(2)23(17)31-16-21(29)28-13-7-10-19(15-28)22-20(14-25-26-22)24(30)27-11-4-3-5-12-27/h6,8-9,14,19H,3-5,7,10-13,15-16H2,1-2H3,(H,25,26). The van der Waals surface area contributed by atoms with Crippen molar-refractivity contribution in [2.45, 2.75) is 51.9 Å². The van der Waals surface area contributed by atoms with Crippen LogP contribution in [-0.4, -0.2) is 64.6 Å². The fraction of sp³-hybridized carbons (Fsp3) is 0.542. The average molecular weight is 425 g/mol. The Morgan fingerprint density at radius 2 is 1.77 bits per heavy atom. The summed E-state index contributed by atoms with van der Waals surface area (Å²) in [7, 11) is 0. The Morgan fingerprint density at radius 1 is 1.06 bits per heavy atom. The van der Waals surface area contributed by atoms with Crippen LogP contribution in [0.2, 0.25) is 0 Å². The topological polar surface area (TPSA) is 78.5 Å². The van der Waals surface area contributed by atoms with Gasteiger partial charge in [0, 0.05) is 32.1 Å². The van der Waals surface area contributed by atoms with E-state index in [9.17, 15) is 9.59 Å². The maximum absolute atomic E-state index is 13.0. The summed E-state index contributed by atoms with van der Waals surface area (Å²) in [6.07, 6.45) is 6.79. The van der Waals surface area contributed by atoms with Crippen LogP contribution in [0, 0.1) is 13.8 Å². The number of amides is 2. The number of aryl methyl sites for hydroxylation is 2. The number of ether oxygens (including phenoxy) is 1. The molecule has 31 heavy (non-hydrogen) atoms. The zero-order valence-corrected chi connectivity index (χ0v) is 18.5. The Balaban J connectivity index is 1.40. The minimum absolute atomic E-state index is 0.0178. The van der Waals surface area contributed by atoms with Crippen molar-refractivity contribution in [3.63, 3.8) is 0 Å². The van der Waals surface area contributed by atoms with Gasteiger partial charge in [-0.3, -0.25) is 14.7 Å². The molecule has 0 saturated carbocycles. The molecule has 2 aromatic rings. The SMILES string of the molecule is Cc1cccc(C)c1OCC(=O)N1CCCC(c2[nH]ncc2C(=O)N2CCCCC2)C1. The third-order valence-corrected chi connectivity index (χ3v) is 6.47. The summed E-state index contributed by atoms with van der Waals surface area (Å²) < 4.78 is 5.88. The number of hydrogen-bond donors (Lipinski definition) is 1. The summed E-state index contributed by atoms with van der Waals surface area (Å²) in [5.74, 6) is 0.914. The van der Waals surface area contributed by atoms with E-state index < -0.39 is 0 Å². The van der Waals surface area contributed by atoms with Crippen LogP contribution in [0.1, 0.15) is 65.2 Å². The normalized spacial score (nSPS) is 19.4. The summed E-state index contributed by atoms with van der Waals surface area (Å²) in [5.41, 5.74) is 3.59. The number of aromatic amines is 1. The Hall–Kier alpha value is -2.83. The number of likely N-dealkylation sites (tertiary alicyclic amines) is 2. The summed E-state index contributed by atoms with van der Waals surface area (Å²) in [6.45, 7) is 6.93. The summed E-state index contributed by atoms with van der Waals surface area (Å²) in [5, 5.41) is 7.24. The van der Waals surface area contributed by atoms with Crippen molar-refractivity contribution in [2.75, 3.05) is 32.8 Å². The minimum Gasteiger partial charge on any atom is -0.483 e. The van der Waals surface area contributed by atoms with Crippen molar-refractivity contribution in [3.05, 3.63) is 46.8 Å². The largest absolute Gasteiger partial charge is 0.483 e. The lowest BCUT2D eigenvalue weighted by molar-refractivity contribution is -0.134. The third kappa shape index (κ3) is 4.75. The predicted octanol–water partition coefficient (Wildman–Crippen LogP) is 3.44. The maximum atomic E-state index is 13.0. The molecule has 0 spiro atoms. The number of aromatic nitrogens is 2. The Bertz CT molecular complexity index is 912. The smallest absolute Gasteiger partial charge is 0.260 e. The van der Waals surface area contributed by atoms with E-state index in [1.165, 1.54) is 6.42 Å². The molecule has 1 aromatic heterocycles. The number of piperidine rings is 2. The van der Waals surface area contributed by atoms with Gasteiger partial charge in [0.1, 0.15) is 5.75 Å². The number of carbonyl (C=O) groups is 2. The molecule has 3 heterocycles. The quantitative estimate of drug-likeness (QED) is 0.798. The van der Waals surface area contributed by atoms with Crippen LogP contribution in [0.25, 0.3) is 0 Å². The molecule has 0 radical (unpaired) electrons. The fourth-order valence-electron chi connectivity index (χ4n) is 4.74. The molecule has 2 fully saturated rings. The summed E-state index contributed by atoms with van der Waals surface area (Å²) in [4.78, 5) is 29.7. The van der Waals surface area contributed by atoms with E-state index >= 15 is 0 Å². The summed E-state index contributed by atoms with van der Waals surface area (Å²) >= 11 is 0. The van der Waals surface area contributed by atoms with Crippen molar-refractivity contribution in [1.29, 1.82) is 0 Å². The van der Waals surface area contributed by atoms with Gasteiger partial charge in [-0.25, -0.2) is 0 Å². The Kier molecular flexibility index (Phi) is 6.59. The number of nitrogens with zero attached hydrogens (tertiary/aromatic N) is 3. The molecule has 0 aliphatic carbocycles. The van der Waals surface area contributed by atoms with Gasteiger partial charge in [-0.1, -0.05) is 18.2 Å². The maximum Gasteiger partial charge on any atom is 0.260 e. The first kappa shape index (κ1) is 21.4. The molecule has 2 amide bonds. The molecule has 1 unspecified atom stereocenters. The zero-order valence-electron chi connectivity index (χ0n) is 18.5. The first-order valence-corrected chi connectivity index (χ1v) is 11.3. The molecular formula is C24H32N4O3. The van der Waals surface area contributed by atoms with Crippen LogP contribution in [0.3, 0.4) is 0 Å². The van der Waals surface area contributed by atoms with Gasteiger partial charge >= 0.3 is 0 Å². The highest BCUT2D eigenvalue weighted by molar-refractivity contribution is 5.95. The van der Waals surface area contributed by atoms with Crippen molar-refractivity contribution < 1.29 is 14.3 Å². The van der Waals surface area contributed by atoms with Crippen molar-refractivity contribution in [2.24, 2.45) is 0 Å². The van der Waals surface area contributed by atoms with Gasteiger partial charge in [-0.05, 0) is 57.1 Å². The Labute approximate surface area is 183 Å². The number of para-hydroxylation sites is 1. The van der Waals surface area contributed by atoms with Gasteiger partial charge < -0.3 is 14.5 Å². The number of hydrogen-bond acceptors (Lipinski definition) is 4. The van der Waals surface area contributed by atoms with Crippen LogP contribution in [0.15, 0.2) is 24.4 Å². The van der Waals surface area contributed by atoms with Crippen LogP contribution < -0.4 is 4.74 Å². The van der Waals surface area contributed by atoms with E-state index in [4.69, 9.17) is 4.74 Å². The number of nitrogens with one attached hydrogen (secondary N) is 1. The molecular weight excluding hydrogens is 392 g/mol. The van der Waals surface area contributed by atoms with Gasteiger partial charge in [0.2, 0.25) is 0 Å². The van der Waals surface area contributed by atoms with Gasteiger partial charge in [-0.15, -0.1) is 0 Å². The molecule has 2 aliphatic heterocycles. The number of rotatable bonds is 5. The molecule has 166 valence electrons. The molecule has 4 rings (SSSR count). The van der Waals surface area contributed by atoms with Gasteiger partial charge in [0.05, 0.1) is 17.5 Å². The minimum atomic E-state index is -0.0178. The Morgan fingerprint density at radius 3 is 2.52 bits per heavy atom. The van der Waals surface area contributed by atoms with E-state index in [1.807, 2.05) is 41.8 Å². The molecule has 0 bridgehead atoms. The molecule has 1 N–H and O–H groups in total. The van der Waals surface area contributed by atoms with E-state index in [1.54, 1.807) is 6.20 Å². The van der Waals surface area contributed by atoms with E-state index in [0.29, 0.717) is 12.1 Å². The zero-order chi connectivity index (χ0) is 21.8. The third-order valence-electron chi connectivity index (χ3n) is 6.47. The molecule has 2 saturated heterocycles. The number of benzene rings is 1. The highest BCUT2D eigenvalue weighted by Gasteiger charge is 2.31. The van der Waals surface area contributed by atoms with Crippen molar-refractivity contribution in [1.82, 2.24) is 20.0 Å². The lowest BCUT2D eigenvalue weighted by Gasteiger charge is -2.33. The van der Waals surface area contributed by atoms with E-state index in [-0.39, 0.29) is 24.3 Å². The lowest BCUT2D eigenvalue weighted by Crippen LogP contribution is -2.42. The van der Waals surface area contributed by atoms with Crippen molar-refractivity contribution in [3.8, 4) is 5.75 Å². The van der Waals surface area contributed by atoms with E-state index in [2.05, 4.69) is 10.2 Å². The molecule has 1 atom stereocenters. The second-order valence-electron chi connectivity index (χ2n) is 8.74. The predicted molar refractivity (Wildman–Crippen MR) is 118 cm³/mol. The fourth-order valence-corrected chi connectivity index (χ4v) is 4.74. The second kappa shape index (κ2) is 9.54. The lowest BCUT2D eigenvalue weighted by atomic mass is 9.92. The highest BCUT2D eigenvalue weighted by atomic mass is 16.5. The second-order valence-corrected chi connectivity index (χ2v) is 8.74. The molecule has 7 nitrogen and oxygen atoms in total. The molecule has 2 aliphatic rings. The first-order chi connectivity index (χ1) is 15.0. The van der Waals surface area contributed by atoms with Crippen LogP contribution in [-0.2, 0) is 4.79 Å². The highest BCUT2D eigenvalue weighted by Crippen LogP contribution is 2.29. The molecule has 7 heteroatoms. The van der Waals surface area contributed by atoms with Gasteiger partial charge in [0.15, 0.2) is 6.61 Å². The average Bonchev–Trinajstić information content (AvgIpc) is 3.29. The first-order valence-electron chi connectivity index (χ1n) is 11.3. The number of carbonyl (C=O) groups excluding carboxylic acids is 2. The van der Waals surface area contributed by atoms with Crippen LogP contribution in [0.4, 0.5) is 0 Å². The van der Waals surface area contributed by atoms with Crippen molar-refractivity contribution >= 4 is 11.8 Å². The van der Waals surface area contributed by atoms with Gasteiger partial charge in [0.25, 0.3) is 11.8 Å². The van der Waals surface area contributed by atoms with Gasteiger partial charge in [-0.2, -0.15) is 5.10 Å². The monoisotopic (exact) mass is 424 g/mol. The summed E-state index contributed by atoms with van der Waals surface area (Å²) in [6, 6.07) is 5.97. The number of H-pyrrole nitrogens is 1.